The highest BCUT2D eigenvalue weighted by Crippen LogP contribution is 2.24. The Balaban J connectivity index is 1.30. The molecule has 3 aromatic rings. The first-order valence-corrected chi connectivity index (χ1v) is 12.3. The molecule has 1 saturated heterocycles. The number of anilines is 1. The van der Waals surface area contributed by atoms with Gasteiger partial charge in [0.1, 0.15) is 0 Å². The van der Waals surface area contributed by atoms with Crippen LogP contribution in [0.4, 0.5) is 5.69 Å². The van der Waals surface area contributed by atoms with Crippen molar-refractivity contribution in [1.82, 2.24) is 9.29 Å². The molecule has 1 unspecified atom stereocenters. The number of hydrogen-bond acceptors (Lipinski definition) is 3. The summed E-state index contributed by atoms with van der Waals surface area (Å²) < 4.78 is 27.3. The summed E-state index contributed by atoms with van der Waals surface area (Å²) in [6.45, 7) is 3.22. The zero-order valence-electron chi connectivity index (χ0n) is 17.8. The quantitative estimate of drug-likeness (QED) is 0.567. The van der Waals surface area contributed by atoms with Gasteiger partial charge in [0.2, 0.25) is 15.9 Å². The maximum atomic E-state index is 12.8. The average Bonchev–Trinajstić information content (AvgIpc) is 3.17. The number of amides is 1. The molecule has 0 bridgehead atoms. The second-order valence-electron chi connectivity index (χ2n) is 8.40. The van der Waals surface area contributed by atoms with E-state index in [0.29, 0.717) is 31.1 Å². The molecule has 164 valence electrons. The first-order chi connectivity index (χ1) is 14.9. The van der Waals surface area contributed by atoms with E-state index in [9.17, 15) is 13.2 Å². The summed E-state index contributed by atoms with van der Waals surface area (Å²) in [5.74, 6) is 0.312. The number of hydrogen-bond donors (Lipinski definition) is 2. The Hall–Kier alpha value is -2.64. The van der Waals surface area contributed by atoms with Gasteiger partial charge in [-0.3, -0.25) is 4.79 Å². The monoisotopic (exact) mass is 439 g/mol. The van der Waals surface area contributed by atoms with Crippen LogP contribution in [0.1, 0.15) is 38.2 Å². The summed E-state index contributed by atoms with van der Waals surface area (Å²) in [7, 11) is -3.48. The van der Waals surface area contributed by atoms with Gasteiger partial charge in [0.15, 0.2) is 0 Å². The molecule has 2 N–H and O–H groups in total. The summed E-state index contributed by atoms with van der Waals surface area (Å²) in [6.07, 6.45) is 5.94. The highest BCUT2D eigenvalue weighted by atomic mass is 32.2. The number of piperidine rings is 1. The van der Waals surface area contributed by atoms with Gasteiger partial charge in [0.25, 0.3) is 0 Å². The van der Waals surface area contributed by atoms with Crippen molar-refractivity contribution in [2.75, 3.05) is 18.4 Å². The van der Waals surface area contributed by atoms with E-state index >= 15 is 0 Å². The van der Waals surface area contributed by atoms with Crippen LogP contribution < -0.4 is 5.32 Å². The Morgan fingerprint density at radius 1 is 1.16 bits per heavy atom. The molecule has 2 heterocycles. The maximum Gasteiger partial charge on any atom is 0.243 e. The molecular formula is C24H29N3O3S. The summed E-state index contributed by atoms with van der Waals surface area (Å²) in [5.41, 5.74) is 2.93. The van der Waals surface area contributed by atoms with E-state index in [4.69, 9.17) is 0 Å². The number of rotatable bonds is 7. The Labute approximate surface area is 183 Å². The highest BCUT2D eigenvalue weighted by molar-refractivity contribution is 7.89. The van der Waals surface area contributed by atoms with Crippen LogP contribution in [-0.2, 0) is 21.2 Å². The zero-order chi connectivity index (χ0) is 21.8. The van der Waals surface area contributed by atoms with E-state index in [2.05, 4.69) is 23.3 Å². The van der Waals surface area contributed by atoms with Crippen LogP contribution in [0.5, 0.6) is 0 Å². The van der Waals surface area contributed by atoms with Crippen LogP contribution in [0.3, 0.4) is 0 Å². The minimum Gasteiger partial charge on any atom is -0.361 e. The van der Waals surface area contributed by atoms with E-state index in [1.165, 1.54) is 10.9 Å². The van der Waals surface area contributed by atoms with Gasteiger partial charge in [-0.05, 0) is 67.5 Å². The minimum atomic E-state index is -3.48. The lowest BCUT2D eigenvalue weighted by Gasteiger charge is -2.30. The molecule has 0 radical (unpaired) electrons. The van der Waals surface area contributed by atoms with Crippen LogP contribution in [0, 0.1) is 5.92 Å². The number of benzene rings is 2. The first kappa shape index (κ1) is 21.6. The lowest BCUT2D eigenvalue weighted by molar-refractivity contribution is -0.116. The number of nitrogens with one attached hydrogen (secondary N) is 2. The lowest BCUT2D eigenvalue weighted by atomic mass is 10.0. The van der Waals surface area contributed by atoms with Crippen molar-refractivity contribution >= 4 is 32.5 Å². The molecule has 0 aliphatic carbocycles. The van der Waals surface area contributed by atoms with Crippen molar-refractivity contribution in [2.45, 2.75) is 43.9 Å². The number of para-hydroxylation sites is 1. The average molecular weight is 440 g/mol. The van der Waals surface area contributed by atoms with Gasteiger partial charge in [-0.1, -0.05) is 25.1 Å². The fourth-order valence-electron chi connectivity index (χ4n) is 4.23. The molecule has 1 aliphatic heterocycles. The van der Waals surface area contributed by atoms with Crippen molar-refractivity contribution in [3.8, 4) is 0 Å². The number of fused-ring (bicyclic) bond motifs is 1. The van der Waals surface area contributed by atoms with Crippen molar-refractivity contribution in [3.05, 3.63) is 60.3 Å². The molecule has 1 aliphatic rings. The fourth-order valence-corrected chi connectivity index (χ4v) is 5.82. The second kappa shape index (κ2) is 9.24. The summed E-state index contributed by atoms with van der Waals surface area (Å²) in [6, 6.07) is 14.6. The molecule has 1 aromatic heterocycles. The number of aryl methyl sites for hydroxylation is 1. The topological polar surface area (TPSA) is 82.3 Å². The molecule has 0 saturated carbocycles. The summed E-state index contributed by atoms with van der Waals surface area (Å²) >= 11 is 0. The van der Waals surface area contributed by atoms with Gasteiger partial charge in [0, 0.05) is 42.3 Å². The van der Waals surface area contributed by atoms with Crippen LogP contribution >= 0.6 is 0 Å². The number of sulfonamides is 1. The Kier molecular flexibility index (Phi) is 6.43. The highest BCUT2D eigenvalue weighted by Gasteiger charge is 2.28. The number of H-pyrrole nitrogens is 1. The smallest absolute Gasteiger partial charge is 0.243 e. The third-order valence-corrected chi connectivity index (χ3v) is 7.80. The number of aromatic amines is 1. The third kappa shape index (κ3) is 4.99. The Morgan fingerprint density at radius 2 is 1.94 bits per heavy atom. The molecule has 1 fully saturated rings. The van der Waals surface area contributed by atoms with Crippen molar-refractivity contribution in [3.63, 3.8) is 0 Å². The first-order valence-electron chi connectivity index (χ1n) is 10.9. The normalized spacial score (nSPS) is 17.6. The molecule has 1 atom stereocenters. The zero-order valence-corrected chi connectivity index (χ0v) is 18.6. The fraction of sp³-hybridized carbons (Fsp3) is 0.375. The predicted octanol–water partition coefficient (Wildman–Crippen LogP) is 4.55. The summed E-state index contributed by atoms with van der Waals surface area (Å²) in [4.78, 5) is 15.9. The standard InChI is InChI=1S/C24H29N3O3S/c1-18-6-5-15-27(17-18)31(29,30)21-13-11-20(12-14-21)26-24(28)10-4-7-19-16-25-23-9-3-2-8-22(19)23/h2-3,8-9,11-14,16,18,25H,4-7,10,15,17H2,1H3,(H,26,28). The van der Waals surface area contributed by atoms with E-state index in [1.807, 2.05) is 24.4 Å². The van der Waals surface area contributed by atoms with Gasteiger partial charge in [-0.2, -0.15) is 4.31 Å². The molecule has 0 spiro atoms. The number of nitrogens with zero attached hydrogens (tertiary/aromatic N) is 1. The predicted molar refractivity (Wildman–Crippen MR) is 123 cm³/mol. The van der Waals surface area contributed by atoms with Gasteiger partial charge in [-0.15, -0.1) is 0 Å². The van der Waals surface area contributed by atoms with Crippen LogP contribution in [0.2, 0.25) is 0 Å². The Morgan fingerprint density at radius 3 is 2.71 bits per heavy atom. The SMILES string of the molecule is CC1CCCN(S(=O)(=O)c2ccc(NC(=O)CCCc3c[nH]c4ccccc34)cc2)C1. The minimum absolute atomic E-state index is 0.0692. The van der Waals surface area contributed by atoms with Gasteiger partial charge < -0.3 is 10.3 Å². The van der Waals surface area contributed by atoms with E-state index in [1.54, 1.807) is 28.6 Å². The van der Waals surface area contributed by atoms with Gasteiger partial charge >= 0.3 is 0 Å². The van der Waals surface area contributed by atoms with Gasteiger partial charge in [0.05, 0.1) is 4.90 Å². The molecule has 2 aromatic carbocycles. The molecule has 4 rings (SSSR count). The van der Waals surface area contributed by atoms with E-state index in [0.717, 1.165) is 31.2 Å². The summed E-state index contributed by atoms with van der Waals surface area (Å²) in [5, 5.41) is 4.07. The van der Waals surface area contributed by atoms with Crippen LogP contribution in [0.25, 0.3) is 10.9 Å². The number of aromatic nitrogens is 1. The second-order valence-corrected chi connectivity index (χ2v) is 10.3. The maximum absolute atomic E-state index is 12.8. The van der Waals surface area contributed by atoms with Crippen molar-refractivity contribution < 1.29 is 13.2 Å². The van der Waals surface area contributed by atoms with E-state index in [-0.39, 0.29) is 10.8 Å². The van der Waals surface area contributed by atoms with E-state index < -0.39 is 10.0 Å². The molecular weight excluding hydrogens is 410 g/mol. The lowest BCUT2D eigenvalue weighted by Crippen LogP contribution is -2.39. The molecule has 6 nitrogen and oxygen atoms in total. The van der Waals surface area contributed by atoms with Crippen molar-refractivity contribution in [2.24, 2.45) is 5.92 Å². The van der Waals surface area contributed by atoms with Crippen molar-refractivity contribution in [1.29, 1.82) is 0 Å². The number of carbonyl (C=O) groups is 1. The van der Waals surface area contributed by atoms with Crippen LogP contribution in [-0.4, -0.2) is 36.7 Å². The third-order valence-electron chi connectivity index (χ3n) is 5.92. The molecule has 1 amide bonds. The molecule has 7 heteroatoms. The number of carbonyl (C=O) groups excluding carboxylic acids is 1. The Bertz CT molecular complexity index is 1150. The largest absolute Gasteiger partial charge is 0.361 e. The van der Waals surface area contributed by atoms with Gasteiger partial charge in [-0.25, -0.2) is 8.42 Å². The molecule has 31 heavy (non-hydrogen) atoms. The van der Waals surface area contributed by atoms with Crippen LogP contribution in [0.15, 0.2) is 59.6 Å².